The lowest BCUT2D eigenvalue weighted by molar-refractivity contribution is 0.794. The van der Waals surface area contributed by atoms with Crippen molar-refractivity contribution >= 4 is 46.4 Å². The van der Waals surface area contributed by atoms with Crippen LogP contribution in [0.3, 0.4) is 0 Å². The number of fused-ring (bicyclic) bond motifs is 8. The van der Waals surface area contributed by atoms with Crippen LogP contribution in [0.5, 0.6) is 0 Å². The Balaban J connectivity index is 1.41. The van der Waals surface area contributed by atoms with Gasteiger partial charge < -0.3 is 9.97 Å². The van der Waals surface area contributed by atoms with Crippen molar-refractivity contribution < 1.29 is 0 Å². The molecule has 0 spiro atoms. The van der Waals surface area contributed by atoms with E-state index < -0.39 is 0 Å². The third-order valence-electron chi connectivity index (χ3n) is 12.4. The van der Waals surface area contributed by atoms with Crippen molar-refractivity contribution in [3.63, 3.8) is 0 Å². The first-order valence-corrected chi connectivity index (χ1v) is 23.5. The Labute approximate surface area is 377 Å². The predicted octanol–water partition coefficient (Wildman–Crippen LogP) is 14.3. The molecule has 0 aromatic carbocycles. The number of hydrogen-bond donors (Lipinski definition) is 2. The summed E-state index contributed by atoms with van der Waals surface area (Å²) in [5.41, 5.74) is 19.3. The van der Waals surface area contributed by atoms with Gasteiger partial charge in [0, 0.05) is 47.0 Å². The molecule has 8 heteroatoms. The highest BCUT2D eigenvalue weighted by atomic mass is 14.8. The van der Waals surface area contributed by atoms with E-state index in [0.717, 1.165) is 167 Å². The molecule has 2 N–H and O–H groups in total. The molecule has 9 rings (SSSR count). The van der Waals surface area contributed by atoms with E-state index in [9.17, 15) is 0 Å². The molecule has 7 aromatic heterocycles. The second kappa shape index (κ2) is 19.7. The zero-order chi connectivity index (χ0) is 43.8. The quantitative estimate of drug-likeness (QED) is 0.100. The van der Waals surface area contributed by atoms with Gasteiger partial charge in [-0.2, -0.15) is 0 Å². The van der Waals surface area contributed by atoms with Gasteiger partial charge in [-0.15, -0.1) is 0 Å². The van der Waals surface area contributed by atoms with Crippen molar-refractivity contribution in [3.05, 3.63) is 143 Å². The van der Waals surface area contributed by atoms with E-state index >= 15 is 0 Å². The van der Waals surface area contributed by atoms with Gasteiger partial charge in [0.1, 0.15) is 0 Å². The first-order valence-electron chi connectivity index (χ1n) is 23.5. The Morgan fingerprint density at radius 1 is 0.344 bits per heavy atom. The molecule has 8 nitrogen and oxygen atoms in total. The number of pyridine rings is 4. The number of hydrogen-bond acceptors (Lipinski definition) is 6. The lowest BCUT2D eigenvalue weighted by Gasteiger charge is -2.08. The van der Waals surface area contributed by atoms with E-state index in [0.29, 0.717) is 0 Å². The van der Waals surface area contributed by atoms with Crippen LogP contribution in [0.4, 0.5) is 0 Å². The number of aromatic nitrogens is 8. The zero-order valence-corrected chi connectivity index (χ0v) is 37.7. The Morgan fingerprint density at radius 3 is 0.828 bits per heavy atom. The van der Waals surface area contributed by atoms with Gasteiger partial charge in [0.25, 0.3) is 0 Å². The molecule has 0 radical (unpaired) electrons. The largest absolute Gasteiger partial charge is 0.354 e. The normalized spacial score (nSPS) is 12.1. The van der Waals surface area contributed by atoms with Crippen molar-refractivity contribution in [1.29, 1.82) is 0 Å². The minimum absolute atomic E-state index is 0.831. The number of unbranched alkanes of at least 4 members (excludes halogenated alkanes) is 4. The van der Waals surface area contributed by atoms with Gasteiger partial charge in [0.15, 0.2) is 0 Å². The number of nitrogens with one attached hydrogen (secondary N) is 2. The first kappa shape index (κ1) is 42.5. The molecule has 0 unspecified atom stereocenters. The summed E-state index contributed by atoms with van der Waals surface area (Å²) < 4.78 is 0. The fourth-order valence-electron chi connectivity index (χ4n) is 8.87. The molecular formula is C56H58N8. The fourth-order valence-corrected chi connectivity index (χ4v) is 8.87. The van der Waals surface area contributed by atoms with E-state index in [1.807, 2.05) is 24.8 Å². The second-order valence-corrected chi connectivity index (χ2v) is 17.1. The maximum Gasteiger partial charge on any atom is 0.0753 e. The first-order chi connectivity index (χ1) is 31.5. The predicted molar refractivity (Wildman–Crippen MR) is 266 cm³/mol. The van der Waals surface area contributed by atoms with Crippen molar-refractivity contribution in [1.82, 2.24) is 39.9 Å². The summed E-state index contributed by atoms with van der Waals surface area (Å²) in [6.07, 6.45) is 29.2. The molecule has 322 valence electrons. The number of rotatable bonds is 16. The van der Waals surface area contributed by atoms with Crippen LogP contribution >= 0.6 is 0 Å². The molecule has 64 heavy (non-hydrogen) atoms. The Morgan fingerprint density at radius 2 is 0.594 bits per heavy atom. The molecule has 0 fully saturated rings. The standard InChI is InChI=1S/C56H58N8/c1-5-9-13-37-25-29-57-49(33-37)53-41-17-19-43(61-41)54(50-34-38(14-10-6-2)26-30-58-50)45-21-23-47(63-45)56(52-36-40(16-12-8-4)28-32-60-52)48-24-22-46(64-48)55(44-20-18-42(53)62-44)51-35-39(15-11-7-3)27-31-59-51/h17-36,61,64H,5-16H2,1-4H3. The second-order valence-electron chi connectivity index (χ2n) is 17.1. The highest BCUT2D eigenvalue weighted by Crippen LogP contribution is 2.38. The van der Waals surface area contributed by atoms with E-state index in [2.05, 4.69) is 135 Å². The molecule has 2 aliphatic rings. The van der Waals surface area contributed by atoms with Crippen LogP contribution in [0.25, 0.3) is 91.4 Å². The van der Waals surface area contributed by atoms with Gasteiger partial charge in [-0.05, 0) is 171 Å². The molecule has 9 heterocycles. The Kier molecular flexibility index (Phi) is 13.1. The third kappa shape index (κ3) is 9.14. The SMILES string of the molecule is CCCCc1ccnc(-c2c3nc(c(-c4cc(CCCC)ccn4)c4ccc([nH]4)c(-c4cc(CCCC)ccn4)c4nc(c(-c5cc(CCCC)ccn5)c5ccc2[nH]5)C=C4)C=C3)c1. The van der Waals surface area contributed by atoms with E-state index in [-0.39, 0.29) is 0 Å². The summed E-state index contributed by atoms with van der Waals surface area (Å²) in [6.45, 7) is 8.94. The van der Waals surface area contributed by atoms with E-state index in [1.165, 1.54) is 22.3 Å². The lowest BCUT2D eigenvalue weighted by atomic mass is 10.0. The molecule has 0 amide bonds. The van der Waals surface area contributed by atoms with Gasteiger partial charge in [0.05, 0.1) is 67.6 Å². The van der Waals surface area contributed by atoms with Crippen LogP contribution in [-0.2, 0) is 25.7 Å². The number of nitrogens with zero attached hydrogens (tertiary/aromatic N) is 6. The Bertz CT molecular complexity index is 2620. The molecule has 8 bridgehead atoms. The average Bonchev–Trinajstić information content (AvgIpc) is 4.18. The van der Waals surface area contributed by atoms with Crippen molar-refractivity contribution in [3.8, 4) is 45.0 Å². The van der Waals surface area contributed by atoms with Crippen LogP contribution < -0.4 is 0 Å². The van der Waals surface area contributed by atoms with Crippen molar-refractivity contribution in [2.45, 2.75) is 105 Å². The van der Waals surface area contributed by atoms with Gasteiger partial charge in [-0.3, -0.25) is 19.9 Å². The highest BCUT2D eigenvalue weighted by molar-refractivity contribution is 5.98. The van der Waals surface area contributed by atoms with Gasteiger partial charge >= 0.3 is 0 Å². The summed E-state index contributed by atoms with van der Waals surface area (Å²) in [6, 6.07) is 26.1. The average molecular weight is 843 g/mol. The smallest absolute Gasteiger partial charge is 0.0753 e. The maximum atomic E-state index is 5.51. The molecule has 0 aliphatic carbocycles. The fraction of sp³-hybridized carbons (Fsp3) is 0.286. The van der Waals surface area contributed by atoms with E-state index in [4.69, 9.17) is 29.9 Å². The van der Waals surface area contributed by atoms with Crippen LogP contribution in [0.2, 0.25) is 0 Å². The van der Waals surface area contributed by atoms with Gasteiger partial charge in [-0.25, -0.2) is 9.97 Å². The maximum absolute atomic E-state index is 5.51. The van der Waals surface area contributed by atoms with Gasteiger partial charge in [0.2, 0.25) is 0 Å². The number of aromatic amines is 2. The van der Waals surface area contributed by atoms with Crippen LogP contribution in [0, 0.1) is 0 Å². The van der Waals surface area contributed by atoms with E-state index in [1.54, 1.807) is 0 Å². The van der Waals surface area contributed by atoms with Crippen LogP contribution in [-0.4, -0.2) is 39.9 Å². The van der Waals surface area contributed by atoms with Crippen molar-refractivity contribution in [2.75, 3.05) is 0 Å². The molecule has 0 saturated heterocycles. The van der Waals surface area contributed by atoms with Gasteiger partial charge in [-0.1, -0.05) is 53.4 Å². The third-order valence-corrected chi connectivity index (χ3v) is 12.4. The minimum Gasteiger partial charge on any atom is -0.354 e. The monoisotopic (exact) mass is 842 g/mol. The molecular weight excluding hydrogens is 785 g/mol. The lowest BCUT2D eigenvalue weighted by Crippen LogP contribution is -1.95. The Hall–Kier alpha value is -6.80. The zero-order valence-electron chi connectivity index (χ0n) is 37.7. The minimum atomic E-state index is 0.831. The number of aryl methyl sites for hydroxylation is 4. The molecule has 2 aliphatic heterocycles. The number of H-pyrrole nitrogens is 2. The molecule has 7 aromatic rings. The van der Waals surface area contributed by atoms with Crippen molar-refractivity contribution in [2.24, 2.45) is 0 Å². The summed E-state index contributed by atoms with van der Waals surface area (Å²) >= 11 is 0. The van der Waals surface area contributed by atoms with Crippen LogP contribution in [0.1, 0.15) is 124 Å². The molecule has 0 saturated carbocycles. The summed E-state index contributed by atoms with van der Waals surface area (Å²) in [7, 11) is 0. The highest BCUT2D eigenvalue weighted by Gasteiger charge is 2.21. The summed E-state index contributed by atoms with van der Waals surface area (Å²) in [5, 5.41) is 0. The molecule has 0 atom stereocenters. The summed E-state index contributed by atoms with van der Waals surface area (Å²) in [5.74, 6) is 0. The van der Waals surface area contributed by atoms with Crippen LogP contribution in [0.15, 0.2) is 97.6 Å². The summed E-state index contributed by atoms with van der Waals surface area (Å²) in [4.78, 5) is 38.9. The topological polar surface area (TPSA) is 109 Å².